The van der Waals surface area contributed by atoms with Crippen LogP contribution in [0.15, 0.2) is 66.7 Å². The summed E-state index contributed by atoms with van der Waals surface area (Å²) in [5, 5.41) is 19.4. The van der Waals surface area contributed by atoms with E-state index in [-0.39, 0.29) is 11.5 Å². The van der Waals surface area contributed by atoms with E-state index in [2.05, 4.69) is 15.5 Å². The van der Waals surface area contributed by atoms with Crippen molar-refractivity contribution in [2.45, 2.75) is 0 Å². The smallest absolute Gasteiger partial charge is 0.274 e. The Hall–Kier alpha value is -4.17. The first-order valence-electron chi connectivity index (χ1n) is 9.07. The minimum absolute atomic E-state index is 0.241. The van der Waals surface area contributed by atoms with Gasteiger partial charge in [-0.15, -0.1) is 0 Å². The van der Waals surface area contributed by atoms with Crippen LogP contribution in [0.5, 0.6) is 5.75 Å². The molecule has 0 radical (unpaired) electrons. The summed E-state index contributed by atoms with van der Waals surface area (Å²) in [6, 6.07) is 19.4. The van der Waals surface area contributed by atoms with E-state index in [0.29, 0.717) is 11.4 Å². The third-order valence-electron chi connectivity index (χ3n) is 4.73. The summed E-state index contributed by atoms with van der Waals surface area (Å²) in [5.41, 5.74) is 4.97. The predicted molar refractivity (Wildman–Crippen MR) is 112 cm³/mol. The van der Waals surface area contributed by atoms with Gasteiger partial charge in [-0.25, -0.2) is 5.48 Å². The molecule has 30 heavy (non-hydrogen) atoms. The van der Waals surface area contributed by atoms with E-state index in [0.717, 1.165) is 27.8 Å². The number of rotatable bonds is 5. The number of aromatic amines is 1. The Morgan fingerprint density at radius 2 is 1.53 bits per heavy atom. The summed E-state index contributed by atoms with van der Waals surface area (Å²) >= 11 is 0. The van der Waals surface area contributed by atoms with Crippen molar-refractivity contribution in [2.75, 3.05) is 12.4 Å². The Morgan fingerprint density at radius 1 is 0.900 bits per heavy atom. The predicted octanol–water partition coefficient (Wildman–Crippen LogP) is 3.61. The van der Waals surface area contributed by atoms with Gasteiger partial charge in [0, 0.05) is 16.5 Å². The molecule has 1 aromatic heterocycles. The van der Waals surface area contributed by atoms with Crippen LogP contribution < -0.4 is 15.5 Å². The molecule has 0 unspecified atom stereocenters. The molecule has 4 rings (SSSR count). The first-order chi connectivity index (χ1) is 14.6. The number of benzene rings is 3. The second kappa shape index (κ2) is 8.06. The van der Waals surface area contributed by atoms with Crippen molar-refractivity contribution in [1.82, 2.24) is 15.7 Å². The molecule has 0 fully saturated rings. The van der Waals surface area contributed by atoms with Crippen LogP contribution in [0.4, 0.5) is 5.82 Å². The Kier molecular flexibility index (Phi) is 5.15. The number of H-pyrrole nitrogens is 1. The molecule has 8 heteroatoms. The van der Waals surface area contributed by atoms with Crippen LogP contribution in [0.2, 0.25) is 0 Å². The fourth-order valence-corrected chi connectivity index (χ4v) is 3.10. The SMILES string of the molecule is COc1ccc(-c2ccc3c(NC(=O)c4ccc(C(=O)NO)cc4)n[nH]c3c2)cc1. The summed E-state index contributed by atoms with van der Waals surface area (Å²) in [5.74, 6) is 0.191. The quantitative estimate of drug-likeness (QED) is 0.301. The van der Waals surface area contributed by atoms with Crippen molar-refractivity contribution in [3.8, 4) is 16.9 Å². The molecule has 4 N–H and O–H groups in total. The average Bonchev–Trinajstić information content (AvgIpc) is 3.20. The van der Waals surface area contributed by atoms with Gasteiger partial charge >= 0.3 is 0 Å². The zero-order chi connectivity index (χ0) is 21.1. The Morgan fingerprint density at radius 3 is 2.17 bits per heavy atom. The van der Waals surface area contributed by atoms with E-state index in [1.807, 2.05) is 42.5 Å². The minimum Gasteiger partial charge on any atom is -0.497 e. The molecule has 0 spiro atoms. The van der Waals surface area contributed by atoms with Gasteiger partial charge in [0.2, 0.25) is 0 Å². The van der Waals surface area contributed by atoms with Gasteiger partial charge in [0.15, 0.2) is 5.82 Å². The van der Waals surface area contributed by atoms with Gasteiger partial charge in [0.1, 0.15) is 5.75 Å². The van der Waals surface area contributed by atoms with Crippen molar-refractivity contribution in [2.24, 2.45) is 0 Å². The van der Waals surface area contributed by atoms with Gasteiger partial charge in [0.05, 0.1) is 12.6 Å². The van der Waals surface area contributed by atoms with Crippen molar-refractivity contribution < 1.29 is 19.5 Å². The molecule has 0 aliphatic heterocycles. The highest BCUT2D eigenvalue weighted by molar-refractivity contribution is 6.08. The van der Waals surface area contributed by atoms with Gasteiger partial charge in [-0.1, -0.05) is 18.2 Å². The van der Waals surface area contributed by atoms with Crippen LogP contribution in [0, 0.1) is 0 Å². The molecule has 0 bridgehead atoms. The van der Waals surface area contributed by atoms with Gasteiger partial charge in [0.25, 0.3) is 11.8 Å². The van der Waals surface area contributed by atoms with E-state index < -0.39 is 5.91 Å². The van der Waals surface area contributed by atoms with E-state index in [1.165, 1.54) is 24.3 Å². The van der Waals surface area contributed by atoms with Crippen molar-refractivity contribution in [3.05, 3.63) is 77.9 Å². The highest BCUT2D eigenvalue weighted by Gasteiger charge is 2.13. The van der Waals surface area contributed by atoms with Gasteiger partial charge < -0.3 is 10.1 Å². The lowest BCUT2D eigenvalue weighted by Gasteiger charge is -2.05. The maximum absolute atomic E-state index is 12.5. The Bertz CT molecular complexity index is 1210. The topological polar surface area (TPSA) is 116 Å². The van der Waals surface area contributed by atoms with E-state index >= 15 is 0 Å². The normalized spacial score (nSPS) is 10.6. The number of methoxy groups -OCH3 is 1. The monoisotopic (exact) mass is 402 g/mol. The summed E-state index contributed by atoms with van der Waals surface area (Å²) in [7, 11) is 1.63. The highest BCUT2D eigenvalue weighted by atomic mass is 16.5. The number of hydrogen-bond donors (Lipinski definition) is 4. The van der Waals surface area contributed by atoms with Crippen molar-refractivity contribution >= 4 is 28.5 Å². The fraction of sp³-hybridized carbons (Fsp3) is 0.0455. The molecule has 8 nitrogen and oxygen atoms in total. The molecule has 0 aliphatic carbocycles. The number of nitrogens with one attached hydrogen (secondary N) is 3. The van der Waals surface area contributed by atoms with Crippen LogP contribution in [-0.4, -0.2) is 34.3 Å². The lowest BCUT2D eigenvalue weighted by atomic mass is 10.0. The molecule has 3 aromatic carbocycles. The fourth-order valence-electron chi connectivity index (χ4n) is 3.10. The molecule has 0 aliphatic rings. The Labute approximate surface area is 171 Å². The van der Waals surface area contributed by atoms with Crippen LogP contribution >= 0.6 is 0 Å². The molecule has 0 saturated carbocycles. The maximum Gasteiger partial charge on any atom is 0.274 e. The van der Waals surface area contributed by atoms with Crippen LogP contribution in [0.25, 0.3) is 22.0 Å². The molecule has 1 heterocycles. The first-order valence-corrected chi connectivity index (χ1v) is 9.07. The second-order valence-electron chi connectivity index (χ2n) is 6.53. The van der Waals surface area contributed by atoms with E-state index in [9.17, 15) is 9.59 Å². The highest BCUT2D eigenvalue weighted by Crippen LogP contribution is 2.28. The minimum atomic E-state index is -0.645. The lowest BCUT2D eigenvalue weighted by molar-refractivity contribution is 0.0706. The number of hydroxylamine groups is 1. The van der Waals surface area contributed by atoms with Crippen molar-refractivity contribution in [1.29, 1.82) is 0 Å². The number of hydrogen-bond acceptors (Lipinski definition) is 5. The molecule has 0 atom stereocenters. The summed E-state index contributed by atoms with van der Waals surface area (Å²) in [6.45, 7) is 0. The van der Waals surface area contributed by atoms with Crippen LogP contribution in [-0.2, 0) is 0 Å². The number of nitrogens with zero attached hydrogens (tertiary/aromatic N) is 1. The Balaban J connectivity index is 1.54. The lowest BCUT2D eigenvalue weighted by Crippen LogP contribution is -2.19. The summed E-state index contributed by atoms with van der Waals surface area (Å²) in [4.78, 5) is 23.9. The second-order valence-corrected chi connectivity index (χ2v) is 6.53. The number of carbonyl (C=O) groups is 2. The van der Waals surface area contributed by atoms with E-state index in [4.69, 9.17) is 9.94 Å². The number of anilines is 1. The van der Waals surface area contributed by atoms with Gasteiger partial charge in [-0.3, -0.25) is 19.9 Å². The number of fused-ring (bicyclic) bond motifs is 1. The van der Waals surface area contributed by atoms with Crippen LogP contribution in [0.1, 0.15) is 20.7 Å². The molecule has 4 aromatic rings. The summed E-state index contributed by atoms with van der Waals surface area (Å²) in [6.07, 6.45) is 0. The average molecular weight is 402 g/mol. The van der Waals surface area contributed by atoms with Gasteiger partial charge in [-0.2, -0.15) is 5.10 Å². The largest absolute Gasteiger partial charge is 0.497 e. The van der Waals surface area contributed by atoms with E-state index in [1.54, 1.807) is 12.6 Å². The standard InChI is InChI=1S/C22H18N4O4/c1-30-17-9-6-13(7-10-17)16-8-11-18-19(12-16)24-25-20(18)23-21(27)14-2-4-15(5-3-14)22(28)26-29/h2-12,29H,1H3,(H,26,28)(H2,23,24,25,27). The number of amides is 2. The molecular formula is C22H18N4O4. The van der Waals surface area contributed by atoms with Crippen LogP contribution in [0.3, 0.4) is 0 Å². The van der Waals surface area contributed by atoms with Gasteiger partial charge in [-0.05, 0) is 59.7 Å². The molecule has 150 valence electrons. The number of carbonyl (C=O) groups excluding carboxylic acids is 2. The molecular weight excluding hydrogens is 384 g/mol. The third-order valence-corrected chi connectivity index (χ3v) is 4.73. The summed E-state index contributed by atoms with van der Waals surface area (Å²) < 4.78 is 5.19. The zero-order valence-electron chi connectivity index (χ0n) is 16.0. The third kappa shape index (κ3) is 3.71. The number of ether oxygens (including phenoxy) is 1. The molecule has 2 amide bonds. The maximum atomic E-state index is 12.5. The first kappa shape index (κ1) is 19.2. The molecule has 0 saturated heterocycles. The number of aromatic nitrogens is 2. The van der Waals surface area contributed by atoms with Crippen molar-refractivity contribution in [3.63, 3.8) is 0 Å². The zero-order valence-corrected chi connectivity index (χ0v) is 16.0.